The number of amides is 4. The fourth-order valence-electron chi connectivity index (χ4n) is 3.80. The largest absolute Gasteiger partial charge is 0.352 e. The summed E-state index contributed by atoms with van der Waals surface area (Å²) in [5.74, 6) is -0.569. The van der Waals surface area contributed by atoms with Crippen molar-refractivity contribution in [1.82, 2.24) is 15.5 Å². The standard InChI is InChI=1S/C18H21N3O3/c1-11(15(22)19-13-8-9-13)21-16(23)18(20-17(21)24)10-4-6-12-5-2-3-7-14(12)18/h2-3,5,7,11,13H,4,6,8-10H2,1H3,(H,19,22)(H,20,24)/t11-,18+/m0/s1. The Hall–Kier alpha value is -2.37. The number of nitrogens with one attached hydrogen (secondary N) is 2. The second-order valence-electron chi connectivity index (χ2n) is 6.98. The van der Waals surface area contributed by atoms with Crippen molar-refractivity contribution in [2.24, 2.45) is 0 Å². The third-order valence-corrected chi connectivity index (χ3v) is 5.29. The smallest absolute Gasteiger partial charge is 0.326 e. The van der Waals surface area contributed by atoms with E-state index in [1.807, 2.05) is 24.3 Å². The van der Waals surface area contributed by atoms with Gasteiger partial charge in [0.1, 0.15) is 11.6 Å². The van der Waals surface area contributed by atoms with Gasteiger partial charge in [0.2, 0.25) is 5.91 Å². The number of aryl methyl sites for hydroxylation is 1. The Morgan fingerprint density at radius 3 is 2.83 bits per heavy atom. The van der Waals surface area contributed by atoms with Crippen LogP contribution in [-0.4, -0.2) is 34.8 Å². The highest BCUT2D eigenvalue weighted by Crippen LogP contribution is 2.40. The Balaban J connectivity index is 1.65. The molecule has 0 aromatic heterocycles. The molecule has 2 aliphatic carbocycles. The molecule has 1 heterocycles. The summed E-state index contributed by atoms with van der Waals surface area (Å²) in [6, 6.07) is 6.67. The third kappa shape index (κ3) is 2.20. The Bertz CT molecular complexity index is 728. The third-order valence-electron chi connectivity index (χ3n) is 5.29. The van der Waals surface area contributed by atoms with E-state index in [1.165, 1.54) is 0 Å². The lowest BCUT2D eigenvalue weighted by molar-refractivity contribution is -0.138. The monoisotopic (exact) mass is 327 g/mol. The fraction of sp³-hybridized carbons (Fsp3) is 0.500. The summed E-state index contributed by atoms with van der Waals surface area (Å²) >= 11 is 0. The molecule has 4 rings (SSSR count). The van der Waals surface area contributed by atoms with Crippen molar-refractivity contribution in [2.45, 2.75) is 56.7 Å². The lowest BCUT2D eigenvalue weighted by Crippen LogP contribution is -2.50. The lowest BCUT2D eigenvalue weighted by atomic mass is 9.76. The zero-order valence-corrected chi connectivity index (χ0v) is 13.7. The van der Waals surface area contributed by atoms with Crippen molar-refractivity contribution < 1.29 is 14.4 Å². The number of carbonyl (C=O) groups excluding carboxylic acids is 3. The first-order valence-corrected chi connectivity index (χ1v) is 8.57. The zero-order valence-electron chi connectivity index (χ0n) is 13.7. The van der Waals surface area contributed by atoms with Crippen molar-refractivity contribution in [3.05, 3.63) is 35.4 Å². The van der Waals surface area contributed by atoms with Crippen LogP contribution >= 0.6 is 0 Å². The van der Waals surface area contributed by atoms with E-state index in [1.54, 1.807) is 6.92 Å². The van der Waals surface area contributed by atoms with Gasteiger partial charge in [-0.2, -0.15) is 0 Å². The van der Waals surface area contributed by atoms with Gasteiger partial charge in [0, 0.05) is 6.04 Å². The van der Waals surface area contributed by atoms with Crippen LogP contribution in [0.2, 0.25) is 0 Å². The van der Waals surface area contributed by atoms with E-state index in [2.05, 4.69) is 10.6 Å². The average Bonchev–Trinajstić information content (AvgIpc) is 3.34. The van der Waals surface area contributed by atoms with Crippen molar-refractivity contribution in [1.29, 1.82) is 0 Å². The molecule has 1 aromatic carbocycles. The molecular formula is C18H21N3O3. The Labute approximate surface area is 140 Å². The molecule has 0 bridgehead atoms. The van der Waals surface area contributed by atoms with Crippen LogP contribution in [0.5, 0.6) is 0 Å². The number of rotatable bonds is 3. The maximum atomic E-state index is 13.2. The van der Waals surface area contributed by atoms with Crippen molar-refractivity contribution in [3.63, 3.8) is 0 Å². The van der Waals surface area contributed by atoms with E-state index in [0.29, 0.717) is 6.42 Å². The molecule has 24 heavy (non-hydrogen) atoms. The van der Waals surface area contributed by atoms with Gasteiger partial charge in [-0.25, -0.2) is 9.69 Å². The molecular weight excluding hydrogens is 306 g/mol. The molecule has 1 aliphatic heterocycles. The molecule has 1 saturated carbocycles. The van der Waals surface area contributed by atoms with E-state index in [0.717, 1.165) is 41.7 Å². The quantitative estimate of drug-likeness (QED) is 0.825. The van der Waals surface area contributed by atoms with E-state index in [9.17, 15) is 14.4 Å². The van der Waals surface area contributed by atoms with E-state index >= 15 is 0 Å². The van der Waals surface area contributed by atoms with Crippen LogP contribution in [0.1, 0.15) is 43.7 Å². The van der Waals surface area contributed by atoms with Gasteiger partial charge in [-0.05, 0) is 50.2 Å². The van der Waals surface area contributed by atoms with Crippen LogP contribution in [0.25, 0.3) is 0 Å². The highest BCUT2D eigenvalue weighted by Gasteiger charge is 2.56. The molecule has 0 radical (unpaired) electrons. The maximum absolute atomic E-state index is 13.2. The molecule has 126 valence electrons. The van der Waals surface area contributed by atoms with Crippen LogP contribution in [0.15, 0.2) is 24.3 Å². The SMILES string of the molecule is C[C@@H](C(=O)NC1CC1)N1C(=O)N[C@@]2(CCCc3ccccc32)C1=O. The summed E-state index contributed by atoms with van der Waals surface area (Å²) in [6.07, 6.45) is 4.24. The fourth-order valence-corrected chi connectivity index (χ4v) is 3.80. The highest BCUT2D eigenvalue weighted by molar-refractivity contribution is 6.10. The van der Waals surface area contributed by atoms with E-state index in [-0.39, 0.29) is 17.9 Å². The highest BCUT2D eigenvalue weighted by atomic mass is 16.2. The van der Waals surface area contributed by atoms with Crippen LogP contribution in [0, 0.1) is 0 Å². The molecule has 4 amide bonds. The molecule has 1 saturated heterocycles. The van der Waals surface area contributed by atoms with Crippen molar-refractivity contribution in [3.8, 4) is 0 Å². The molecule has 6 nitrogen and oxygen atoms in total. The first kappa shape index (κ1) is 15.2. The van der Waals surface area contributed by atoms with Gasteiger partial charge in [-0.1, -0.05) is 24.3 Å². The number of fused-ring (bicyclic) bond motifs is 2. The van der Waals surface area contributed by atoms with Gasteiger partial charge in [0.05, 0.1) is 0 Å². The molecule has 2 N–H and O–H groups in total. The Morgan fingerprint density at radius 1 is 1.33 bits per heavy atom. The number of nitrogens with zero attached hydrogens (tertiary/aromatic N) is 1. The molecule has 2 atom stereocenters. The van der Waals surface area contributed by atoms with Gasteiger partial charge in [-0.15, -0.1) is 0 Å². The summed E-state index contributed by atoms with van der Waals surface area (Å²) in [6.45, 7) is 1.61. The summed E-state index contributed by atoms with van der Waals surface area (Å²) < 4.78 is 0. The molecule has 1 spiro atoms. The minimum Gasteiger partial charge on any atom is -0.352 e. The first-order chi connectivity index (χ1) is 11.5. The van der Waals surface area contributed by atoms with Crippen LogP contribution in [0.3, 0.4) is 0 Å². The zero-order chi connectivity index (χ0) is 16.9. The van der Waals surface area contributed by atoms with Crippen LogP contribution < -0.4 is 10.6 Å². The number of hydrogen-bond donors (Lipinski definition) is 2. The minimum absolute atomic E-state index is 0.199. The summed E-state index contributed by atoms with van der Waals surface area (Å²) in [5.41, 5.74) is 0.946. The number of urea groups is 1. The Morgan fingerprint density at radius 2 is 2.08 bits per heavy atom. The topological polar surface area (TPSA) is 78.5 Å². The van der Waals surface area contributed by atoms with Gasteiger partial charge < -0.3 is 10.6 Å². The van der Waals surface area contributed by atoms with Gasteiger partial charge in [0.25, 0.3) is 5.91 Å². The molecule has 0 unspecified atom stereocenters. The summed E-state index contributed by atoms with van der Waals surface area (Å²) in [4.78, 5) is 39.1. The van der Waals surface area contributed by atoms with Gasteiger partial charge in [0.15, 0.2) is 0 Å². The summed E-state index contributed by atoms with van der Waals surface area (Å²) in [7, 11) is 0. The minimum atomic E-state index is -1.01. The van der Waals surface area contributed by atoms with Gasteiger partial charge >= 0.3 is 6.03 Å². The molecule has 3 aliphatic rings. The second kappa shape index (κ2) is 5.33. The number of benzene rings is 1. The Kier molecular flexibility index (Phi) is 3.37. The normalized spacial score (nSPS) is 27.0. The predicted octanol–water partition coefficient (Wildman–Crippen LogP) is 1.44. The second-order valence-corrected chi connectivity index (χ2v) is 6.98. The van der Waals surface area contributed by atoms with Crippen molar-refractivity contribution in [2.75, 3.05) is 0 Å². The van der Waals surface area contributed by atoms with Crippen molar-refractivity contribution >= 4 is 17.8 Å². The molecule has 1 aromatic rings. The number of carbonyl (C=O) groups is 3. The molecule has 6 heteroatoms. The number of imide groups is 1. The number of hydrogen-bond acceptors (Lipinski definition) is 3. The first-order valence-electron chi connectivity index (χ1n) is 8.57. The van der Waals surface area contributed by atoms with Crippen LogP contribution in [-0.2, 0) is 21.5 Å². The van der Waals surface area contributed by atoms with E-state index in [4.69, 9.17) is 0 Å². The average molecular weight is 327 g/mol. The maximum Gasteiger partial charge on any atom is 0.326 e. The predicted molar refractivity (Wildman–Crippen MR) is 87.1 cm³/mol. The van der Waals surface area contributed by atoms with Gasteiger partial charge in [-0.3, -0.25) is 9.59 Å². The molecule has 2 fully saturated rings. The van der Waals surface area contributed by atoms with Crippen LogP contribution in [0.4, 0.5) is 4.79 Å². The summed E-state index contributed by atoms with van der Waals surface area (Å²) in [5, 5.41) is 5.76. The lowest BCUT2D eigenvalue weighted by Gasteiger charge is -2.33. The van der Waals surface area contributed by atoms with E-state index < -0.39 is 17.6 Å².